The molecule has 0 bridgehead atoms. The van der Waals surface area contributed by atoms with Crippen molar-refractivity contribution in [3.63, 3.8) is 0 Å². The van der Waals surface area contributed by atoms with Gasteiger partial charge in [0.2, 0.25) is 0 Å². The van der Waals surface area contributed by atoms with Gasteiger partial charge in [-0.3, -0.25) is 0 Å². The number of halogens is 1. The first-order valence-electron chi connectivity index (χ1n) is 6.00. The van der Waals surface area contributed by atoms with Crippen molar-refractivity contribution in [2.45, 2.75) is 26.8 Å². The SMILES string of the molecule is CCc1cc(NCc2ccc(Cl)cc2)nc(C)n1. The molecule has 0 atom stereocenters. The van der Waals surface area contributed by atoms with E-state index in [1.54, 1.807) is 0 Å². The second-order valence-electron chi connectivity index (χ2n) is 4.13. The van der Waals surface area contributed by atoms with Gasteiger partial charge in [0.25, 0.3) is 0 Å². The third-order valence-electron chi connectivity index (χ3n) is 2.64. The van der Waals surface area contributed by atoms with Crippen LogP contribution in [0.1, 0.15) is 24.0 Å². The molecule has 0 amide bonds. The Bertz CT molecular complexity index is 523. The van der Waals surface area contributed by atoms with Crippen molar-refractivity contribution in [3.8, 4) is 0 Å². The highest BCUT2D eigenvalue weighted by molar-refractivity contribution is 6.30. The van der Waals surface area contributed by atoms with Gasteiger partial charge in [-0.15, -0.1) is 0 Å². The topological polar surface area (TPSA) is 37.8 Å². The quantitative estimate of drug-likeness (QED) is 0.914. The minimum Gasteiger partial charge on any atom is -0.366 e. The number of benzene rings is 1. The lowest BCUT2D eigenvalue weighted by molar-refractivity contribution is 0.941. The van der Waals surface area contributed by atoms with Crippen LogP contribution in [0.2, 0.25) is 5.02 Å². The summed E-state index contributed by atoms with van der Waals surface area (Å²) >= 11 is 5.85. The second-order valence-corrected chi connectivity index (χ2v) is 4.56. The molecule has 4 heteroatoms. The maximum absolute atomic E-state index is 5.85. The Hall–Kier alpha value is -1.61. The summed E-state index contributed by atoms with van der Waals surface area (Å²) in [5.41, 5.74) is 2.23. The molecule has 1 aromatic carbocycles. The van der Waals surface area contributed by atoms with Crippen molar-refractivity contribution in [1.82, 2.24) is 9.97 Å². The Balaban J connectivity index is 2.05. The van der Waals surface area contributed by atoms with Crippen LogP contribution in [0.3, 0.4) is 0 Å². The summed E-state index contributed by atoms with van der Waals surface area (Å²) in [6.07, 6.45) is 0.916. The first kappa shape index (κ1) is 12.8. The van der Waals surface area contributed by atoms with Crippen LogP contribution in [0.5, 0.6) is 0 Å². The summed E-state index contributed by atoms with van der Waals surface area (Å²) in [6.45, 7) is 4.73. The molecule has 2 aromatic rings. The fourth-order valence-corrected chi connectivity index (χ4v) is 1.82. The molecule has 1 N–H and O–H groups in total. The zero-order valence-electron chi connectivity index (χ0n) is 10.6. The molecular weight excluding hydrogens is 246 g/mol. The Morgan fingerprint density at radius 3 is 2.56 bits per heavy atom. The van der Waals surface area contributed by atoms with Crippen molar-refractivity contribution < 1.29 is 0 Å². The van der Waals surface area contributed by atoms with E-state index < -0.39 is 0 Å². The molecule has 0 saturated heterocycles. The average molecular weight is 262 g/mol. The van der Waals surface area contributed by atoms with Crippen molar-refractivity contribution in [3.05, 3.63) is 52.4 Å². The Labute approximate surface area is 112 Å². The number of hydrogen-bond donors (Lipinski definition) is 1. The predicted octanol–water partition coefficient (Wildman–Crippen LogP) is 3.61. The van der Waals surface area contributed by atoms with E-state index in [-0.39, 0.29) is 0 Å². The number of nitrogens with one attached hydrogen (secondary N) is 1. The summed E-state index contributed by atoms with van der Waals surface area (Å²) in [6, 6.07) is 9.78. The molecule has 0 unspecified atom stereocenters. The van der Waals surface area contributed by atoms with Gasteiger partial charge in [-0.25, -0.2) is 9.97 Å². The van der Waals surface area contributed by atoms with Crippen LogP contribution in [0.15, 0.2) is 30.3 Å². The van der Waals surface area contributed by atoms with Crippen LogP contribution >= 0.6 is 11.6 Å². The van der Waals surface area contributed by atoms with Crippen molar-refractivity contribution in [2.24, 2.45) is 0 Å². The number of rotatable bonds is 4. The highest BCUT2D eigenvalue weighted by atomic mass is 35.5. The summed E-state index contributed by atoms with van der Waals surface area (Å²) < 4.78 is 0. The molecule has 0 aliphatic carbocycles. The van der Waals surface area contributed by atoms with Gasteiger partial charge in [-0.1, -0.05) is 30.7 Å². The molecule has 94 valence electrons. The van der Waals surface area contributed by atoms with Gasteiger partial charge >= 0.3 is 0 Å². The smallest absolute Gasteiger partial charge is 0.130 e. The van der Waals surface area contributed by atoms with Gasteiger partial charge in [0.05, 0.1) is 0 Å². The molecule has 0 fully saturated rings. The minimum atomic E-state index is 0.733. The monoisotopic (exact) mass is 261 g/mol. The third kappa shape index (κ3) is 3.44. The van der Waals surface area contributed by atoms with Gasteiger partial charge in [0, 0.05) is 23.3 Å². The molecule has 0 spiro atoms. The Morgan fingerprint density at radius 2 is 1.89 bits per heavy atom. The molecule has 1 aromatic heterocycles. The zero-order chi connectivity index (χ0) is 13.0. The van der Waals surface area contributed by atoms with Gasteiger partial charge in [0.15, 0.2) is 0 Å². The van der Waals surface area contributed by atoms with Gasteiger partial charge < -0.3 is 5.32 Å². The minimum absolute atomic E-state index is 0.733. The van der Waals surface area contributed by atoms with Crippen molar-refractivity contribution in [1.29, 1.82) is 0 Å². The van der Waals surface area contributed by atoms with E-state index in [9.17, 15) is 0 Å². The molecule has 0 aliphatic rings. The number of aryl methyl sites for hydroxylation is 2. The first-order chi connectivity index (χ1) is 8.67. The molecule has 3 nitrogen and oxygen atoms in total. The molecule has 18 heavy (non-hydrogen) atoms. The number of hydrogen-bond acceptors (Lipinski definition) is 3. The Morgan fingerprint density at radius 1 is 1.17 bits per heavy atom. The van der Waals surface area contributed by atoms with Crippen molar-refractivity contribution >= 4 is 17.4 Å². The lowest BCUT2D eigenvalue weighted by Crippen LogP contribution is -2.04. The van der Waals surface area contributed by atoms with Crippen molar-refractivity contribution in [2.75, 3.05) is 5.32 Å². The second kappa shape index (κ2) is 5.83. The first-order valence-corrected chi connectivity index (χ1v) is 6.38. The zero-order valence-corrected chi connectivity index (χ0v) is 11.3. The largest absolute Gasteiger partial charge is 0.366 e. The van der Waals surface area contributed by atoms with E-state index in [0.29, 0.717) is 0 Å². The van der Waals surface area contributed by atoms with Crippen LogP contribution in [0.4, 0.5) is 5.82 Å². The summed E-state index contributed by atoms with van der Waals surface area (Å²) in [4.78, 5) is 8.72. The van der Waals surface area contributed by atoms with Crippen LogP contribution < -0.4 is 5.32 Å². The van der Waals surface area contributed by atoms with Crippen LogP contribution in [0.25, 0.3) is 0 Å². The standard InChI is InChI=1S/C14H16ClN3/c1-3-13-8-14(18-10(2)17-13)16-9-11-4-6-12(15)7-5-11/h4-8H,3,9H2,1-2H3,(H,16,17,18). The van der Waals surface area contributed by atoms with E-state index in [1.807, 2.05) is 37.3 Å². The molecule has 2 rings (SSSR count). The molecular formula is C14H16ClN3. The highest BCUT2D eigenvalue weighted by Gasteiger charge is 2.00. The van der Waals surface area contributed by atoms with E-state index in [4.69, 9.17) is 11.6 Å². The van der Waals surface area contributed by atoms with E-state index in [0.717, 1.165) is 35.3 Å². The van der Waals surface area contributed by atoms with Crippen LogP contribution in [0, 0.1) is 6.92 Å². The van der Waals surface area contributed by atoms with Gasteiger partial charge in [0.1, 0.15) is 11.6 Å². The number of aromatic nitrogens is 2. The lowest BCUT2D eigenvalue weighted by Gasteiger charge is -2.08. The lowest BCUT2D eigenvalue weighted by atomic mass is 10.2. The molecule has 0 aliphatic heterocycles. The molecule has 0 saturated carbocycles. The third-order valence-corrected chi connectivity index (χ3v) is 2.89. The molecule has 0 radical (unpaired) electrons. The normalized spacial score (nSPS) is 10.4. The maximum Gasteiger partial charge on any atom is 0.130 e. The van der Waals surface area contributed by atoms with E-state index in [1.165, 1.54) is 5.56 Å². The summed E-state index contributed by atoms with van der Waals surface area (Å²) in [5, 5.41) is 4.06. The average Bonchev–Trinajstić information content (AvgIpc) is 2.37. The Kier molecular flexibility index (Phi) is 4.15. The fraction of sp³-hybridized carbons (Fsp3) is 0.286. The van der Waals surface area contributed by atoms with E-state index >= 15 is 0 Å². The van der Waals surface area contributed by atoms with Crippen LogP contribution in [-0.2, 0) is 13.0 Å². The summed E-state index contributed by atoms with van der Waals surface area (Å²) in [7, 11) is 0. The van der Waals surface area contributed by atoms with Gasteiger partial charge in [-0.2, -0.15) is 0 Å². The van der Waals surface area contributed by atoms with E-state index in [2.05, 4.69) is 22.2 Å². The fourth-order valence-electron chi connectivity index (χ4n) is 1.70. The highest BCUT2D eigenvalue weighted by Crippen LogP contribution is 2.12. The predicted molar refractivity (Wildman–Crippen MR) is 74.9 cm³/mol. The molecule has 1 heterocycles. The van der Waals surface area contributed by atoms with Gasteiger partial charge in [-0.05, 0) is 31.0 Å². The number of anilines is 1. The number of nitrogens with zero attached hydrogens (tertiary/aromatic N) is 2. The summed E-state index contributed by atoms with van der Waals surface area (Å²) in [5.74, 6) is 1.67. The maximum atomic E-state index is 5.85. The van der Waals surface area contributed by atoms with Crippen LogP contribution in [-0.4, -0.2) is 9.97 Å².